The van der Waals surface area contributed by atoms with E-state index in [9.17, 15) is 4.79 Å². The third-order valence-corrected chi connectivity index (χ3v) is 2.49. The Hall–Kier alpha value is -2.30. The van der Waals surface area contributed by atoms with Crippen LogP contribution in [0, 0.1) is 0 Å². The molecule has 0 saturated heterocycles. The largest absolute Gasteiger partial charge is 0.469 e. The lowest BCUT2D eigenvalue weighted by Gasteiger charge is -2.05. The summed E-state index contributed by atoms with van der Waals surface area (Å²) < 4.78 is 12.3. The molecule has 0 unspecified atom stereocenters. The normalized spacial score (nSPS) is 10.2. The second-order valence-corrected chi connectivity index (χ2v) is 4.02. The fourth-order valence-electron chi connectivity index (χ4n) is 1.60. The molecule has 0 radical (unpaired) electrons. The summed E-state index contributed by atoms with van der Waals surface area (Å²) in [6.07, 6.45) is 1.65. The molecule has 0 aliphatic carbocycles. The van der Waals surface area contributed by atoms with E-state index in [0.717, 1.165) is 5.56 Å². The molecular formula is C14H16N2O3. The smallest absolute Gasteiger partial charge is 0.308 e. The number of nitrogens with zero attached hydrogens (tertiary/aromatic N) is 2. The first-order valence-corrected chi connectivity index (χ1v) is 6.11. The van der Waals surface area contributed by atoms with E-state index >= 15 is 0 Å². The Morgan fingerprint density at radius 3 is 2.68 bits per heavy atom. The van der Waals surface area contributed by atoms with Gasteiger partial charge in [-0.3, -0.25) is 9.48 Å². The van der Waals surface area contributed by atoms with Gasteiger partial charge in [0, 0.05) is 13.5 Å². The predicted octanol–water partition coefficient (Wildman–Crippen LogP) is 2.41. The van der Waals surface area contributed by atoms with E-state index in [0.29, 0.717) is 24.8 Å². The van der Waals surface area contributed by atoms with Gasteiger partial charge in [-0.2, -0.15) is 0 Å². The zero-order valence-electron chi connectivity index (χ0n) is 11.0. The van der Waals surface area contributed by atoms with Gasteiger partial charge in [0.05, 0.1) is 6.20 Å². The van der Waals surface area contributed by atoms with Crippen molar-refractivity contribution in [2.75, 3.05) is 0 Å². The highest BCUT2D eigenvalue weighted by Gasteiger charge is 2.13. The van der Waals surface area contributed by atoms with Crippen LogP contribution in [0.5, 0.6) is 11.6 Å². The van der Waals surface area contributed by atoms with E-state index in [1.807, 2.05) is 37.3 Å². The zero-order chi connectivity index (χ0) is 13.7. The van der Waals surface area contributed by atoms with Gasteiger partial charge in [0.1, 0.15) is 6.61 Å². The molecule has 0 bridgehead atoms. The highest BCUT2D eigenvalue weighted by atomic mass is 16.6. The summed E-state index contributed by atoms with van der Waals surface area (Å²) >= 11 is 0. The van der Waals surface area contributed by atoms with Crippen LogP contribution >= 0.6 is 0 Å². The van der Waals surface area contributed by atoms with Crippen molar-refractivity contribution in [3.63, 3.8) is 0 Å². The summed E-state index contributed by atoms with van der Waals surface area (Å²) in [5.74, 6) is 0.298. The molecule has 100 valence electrons. The van der Waals surface area contributed by atoms with Gasteiger partial charge in [-0.25, -0.2) is 0 Å². The Balaban J connectivity index is 2.10. The maximum Gasteiger partial charge on any atom is 0.308 e. The lowest BCUT2D eigenvalue weighted by Crippen LogP contribution is -2.03. The third kappa shape index (κ3) is 3.58. The second-order valence-electron chi connectivity index (χ2n) is 4.02. The lowest BCUT2D eigenvalue weighted by atomic mass is 10.2. The van der Waals surface area contributed by atoms with Crippen molar-refractivity contribution in [1.29, 1.82) is 0 Å². The fraction of sp³-hybridized carbons (Fsp3) is 0.286. The van der Waals surface area contributed by atoms with E-state index in [4.69, 9.17) is 9.47 Å². The number of carbonyl (C=O) groups is 1. The van der Waals surface area contributed by atoms with Crippen LogP contribution in [-0.4, -0.2) is 15.7 Å². The van der Waals surface area contributed by atoms with Gasteiger partial charge in [0.15, 0.2) is 0 Å². The topological polar surface area (TPSA) is 53.4 Å². The van der Waals surface area contributed by atoms with E-state index in [1.165, 1.54) is 6.92 Å². The average Bonchev–Trinajstić information content (AvgIpc) is 2.79. The summed E-state index contributed by atoms with van der Waals surface area (Å²) in [4.78, 5) is 11.0. The van der Waals surface area contributed by atoms with Crippen LogP contribution in [0.3, 0.4) is 0 Å². The van der Waals surface area contributed by atoms with Crippen molar-refractivity contribution < 1.29 is 14.3 Å². The minimum absolute atomic E-state index is 0.334. The molecule has 0 spiro atoms. The quantitative estimate of drug-likeness (QED) is 0.775. The molecule has 1 aromatic carbocycles. The fourth-order valence-corrected chi connectivity index (χ4v) is 1.60. The number of hydrogen-bond donors (Lipinski definition) is 0. The van der Waals surface area contributed by atoms with Crippen LogP contribution in [0.15, 0.2) is 36.5 Å². The van der Waals surface area contributed by atoms with Gasteiger partial charge in [0.25, 0.3) is 5.88 Å². The van der Waals surface area contributed by atoms with Crippen LogP contribution < -0.4 is 9.47 Å². The number of rotatable bonds is 5. The third-order valence-electron chi connectivity index (χ3n) is 2.49. The van der Waals surface area contributed by atoms with Crippen LogP contribution in [0.25, 0.3) is 0 Å². The van der Waals surface area contributed by atoms with Gasteiger partial charge in [0.2, 0.25) is 5.75 Å². The summed E-state index contributed by atoms with van der Waals surface area (Å²) in [6.45, 7) is 4.37. The molecule has 2 aromatic rings. The molecule has 5 heteroatoms. The molecule has 1 heterocycles. The summed E-state index contributed by atoms with van der Waals surface area (Å²) in [5, 5.41) is 4.21. The molecule has 0 atom stereocenters. The molecule has 0 amide bonds. The second kappa shape index (κ2) is 6.04. The molecule has 1 aromatic heterocycles. The molecule has 19 heavy (non-hydrogen) atoms. The Kier molecular flexibility index (Phi) is 4.18. The summed E-state index contributed by atoms with van der Waals surface area (Å²) in [5.41, 5.74) is 1.03. The highest BCUT2D eigenvalue weighted by molar-refractivity contribution is 5.69. The van der Waals surface area contributed by atoms with E-state index in [2.05, 4.69) is 5.10 Å². The predicted molar refractivity (Wildman–Crippen MR) is 70.0 cm³/mol. The zero-order valence-corrected chi connectivity index (χ0v) is 11.0. The summed E-state index contributed by atoms with van der Waals surface area (Å²) in [6, 6.07) is 9.75. The van der Waals surface area contributed by atoms with Gasteiger partial charge >= 0.3 is 5.97 Å². The molecule has 0 N–H and O–H groups in total. The first-order chi connectivity index (χ1) is 9.19. The molecule has 2 rings (SSSR count). The number of ether oxygens (including phenoxy) is 2. The van der Waals surface area contributed by atoms with Crippen LogP contribution in [-0.2, 0) is 17.9 Å². The van der Waals surface area contributed by atoms with E-state index in [-0.39, 0.29) is 5.97 Å². The van der Waals surface area contributed by atoms with Crippen molar-refractivity contribution in [3.05, 3.63) is 42.1 Å². The Bertz CT molecular complexity index is 549. The van der Waals surface area contributed by atoms with Crippen molar-refractivity contribution in [2.24, 2.45) is 0 Å². The number of benzene rings is 1. The minimum Gasteiger partial charge on any atom is -0.469 e. The number of carbonyl (C=O) groups excluding carboxylic acids is 1. The monoisotopic (exact) mass is 260 g/mol. The van der Waals surface area contributed by atoms with Crippen LogP contribution in [0.1, 0.15) is 19.4 Å². The molecule has 5 nitrogen and oxygen atoms in total. The highest BCUT2D eigenvalue weighted by Crippen LogP contribution is 2.26. The van der Waals surface area contributed by atoms with Crippen LogP contribution in [0.4, 0.5) is 0 Å². The lowest BCUT2D eigenvalue weighted by molar-refractivity contribution is -0.132. The van der Waals surface area contributed by atoms with Crippen molar-refractivity contribution >= 4 is 5.97 Å². The van der Waals surface area contributed by atoms with E-state index in [1.54, 1.807) is 10.9 Å². The Labute approximate surface area is 111 Å². The number of esters is 1. The van der Waals surface area contributed by atoms with Gasteiger partial charge < -0.3 is 9.47 Å². The Morgan fingerprint density at radius 1 is 1.32 bits per heavy atom. The summed E-state index contributed by atoms with van der Waals surface area (Å²) in [7, 11) is 0. The van der Waals surface area contributed by atoms with Crippen molar-refractivity contribution in [1.82, 2.24) is 9.78 Å². The number of hydrogen-bond acceptors (Lipinski definition) is 4. The first kappa shape index (κ1) is 13.1. The van der Waals surface area contributed by atoms with Gasteiger partial charge in [-0.05, 0) is 12.5 Å². The minimum atomic E-state index is -0.389. The maximum absolute atomic E-state index is 11.0. The molecule has 0 saturated carbocycles. The standard InChI is InChI=1S/C14H16N2O3/c1-3-16-9-13(19-11(2)17)14(15-16)18-10-12-7-5-4-6-8-12/h4-9H,3,10H2,1-2H3. The van der Waals surface area contributed by atoms with E-state index < -0.39 is 0 Å². The van der Waals surface area contributed by atoms with Crippen molar-refractivity contribution in [3.8, 4) is 11.6 Å². The maximum atomic E-state index is 11.0. The molecule has 0 aliphatic rings. The first-order valence-electron chi connectivity index (χ1n) is 6.11. The van der Waals surface area contributed by atoms with Gasteiger partial charge in [-0.1, -0.05) is 30.3 Å². The SMILES string of the molecule is CCn1cc(OC(C)=O)c(OCc2ccccc2)n1. The molecule has 0 fully saturated rings. The van der Waals surface area contributed by atoms with Crippen LogP contribution in [0.2, 0.25) is 0 Å². The Morgan fingerprint density at radius 2 is 2.05 bits per heavy atom. The van der Waals surface area contributed by atoms with Gasteiger partial charge in [-0.15, -0.1) is 5.10 Å². The number of aromatic nitrogens is 2. The number of aryl methyl sites for hydroxylation is 1. The molecule has 0 aliphatic heterocycles. The van der Waals surface area contributed by atoms with Crippen molar-refractivity contribution in [2.45, 2.75) is 27.0 Å². The molecular weight excluding hydrogens is 244 g/mol. The average molecular weight is 260 g/mol.